The molecule has 0 bridgehead atoms. The van der Waals surface area contributed by atoms with E-state index in [-0.39, 0.29) is 48.6 Å². The zero-order valence-electron chi connectivity index (χ0n) is 21.1. The number of aliphatic imine (C=N–C) groups is 1. The molecule has 222 valence electrons. The smallest absolute Gasteiger partial charge is 0.475 e. The van der Waals surface area contributed by atoms with Crippen LogP contribution in [0.3, 0.4) is 0 Å². The number of nitrogens with zero attached hydrogens (tertiary/aromatic N) is 1. The van der Waals surface area contributed by atoms with Crippen molar-refractivity contribution in [1.29, 1.82) is 0 Å². The molecule has 5 N–H and O–H groups in total. The van der Waals surface area contributed by atoms with E-state index in [0.717, 1.165) is 19.1 Å². The number of esters is 2. The van der Waals surface area contributed by atoms with E-state index in [2.05, 4.69) is 19.8 Å². The van der Waals surface area contributed by atoms with E-state index in [1.807, 2.05) is 0 Å². The maximum absolute atomic E-state index is 13.8. The lowest BCUT2D eigenvalue weighted by Crippen LogP contribution is -2.42. The number of rotatable bonds is 11. The Morgan fingerprint density at radius 3 is 2.35 bits per heavy atom. The number of nitrogens with one attached hydrogen (secondary N) is 1. The minimum Gasteiger partial charge on any atom is -0.475 e. The molecule has 0 fully saturated rings. The van der Waals surface area contributed by atoms with Crippen LogP contribution in [0.25, 0.3) is 6.08 Å². The highest BCUT2D eigenvalue weighted by Crippen LogP contribution is 2.42. The summed E-state index contributed by atoms with van der Waals surface area (Å²) in [6.45, 7) is 1.56. The van der Waals surface area contributed by atoms with Crippen LogP contribution in [0.15, 0.2) is 22.7 Å². The van der Waals surface area contributed by atoms with Gasteiger partial charge in [-0.25, -0.2) is 9.59 Å². The average molecular weight is 584 g/mol. The van der Waals surface area contributed by atoms with Crippen molar-refractivity contribution in [2.45, 2.75) is 57.8 Å². The highest BCUT2D eigenvalue weighted by molar-refractivity contribution is 5.96. The predicted octanol–water partition coefficient (Wildman–Crippen LogP) is 2.46. The predicted molar refractivity (Wildman–Crippen MR) is 126 cm³/mol. The lowest BCUT2D eigenvalue weighted by Gasteiger charge is -2.29. The fraction of sp³-hybridized carbons (Fsp3) is 0.478. The molecule has 1 aromatic rings. The molecule has 11 nitrogen and oxygen atoms in total. The van der Waals surface area contributed by atoms with E-state index in [1.54, 1.807) is 0 Å². The maximum atomic E-state index is 13.8. The summed E-state index contributed by atoms with van der Waals surface area (Å²) in [4.78, 5) is 40.0. The van der Waals surface area contributed by atoms with Crippen molar-refractivity contribution >= 4 is 29.9 Å². The zero-order valence-corrected chi connectivity index (χ0v) is 21.1. The average Bonchev–Trinajstić information content (AvgIpc) is 2.82. The first-order chi connectivity index (χ1) is 18.5. The molecule has 0 saturated carbocycles. The lowest BCUT2D eigenvalue weighted by atomic mass is 9.97. The molecule has 1 aliphatic heterocycles. The normalized spacial score (nSPS) is 15.5. The molecule has 0 saturated heterocycles. The number of hydrogen-bond donors (Lipinski definition) is 3. The topological polar surface area (TPSA) is 165 Å². The van der Waals surface area contributed by atoms with Crippen LogP contribution in [-0.4, -0.2) is 61.8 Å². The fourth-order valence-electron chi connectivity index (χ4n) is 3.55. The number of carbonyl (C=O) groups excluding carboxylic acids is 3. The molecule has 0 radical (unpaired) electrons. The van der Waals surface area contributed by atoms with Gasteiger partial charge < -0.3 is 35.7 Å². The number of fused-ring (bicyclic) bond motifs is 1. The number of nitrogens with two attached hydrogens (primary N) is 2. The number of carbonyl (C=O) groups is 3. The largest absolute Gasteiger partial charge is 0.573 e. The van der Waals surface area contributed by atoms with Gasteiger partial charge in [-0.2, -0.15) is 13.2 Å². The molecular weight excluding hydrogens is 558 g/mol. The van der Waals surface area contributed by atoms with Crippen LogP contribution in [0, 0.1) is 0 Å². The SMILES string of the molecule is CCc1cc(OC(F)(F)F)cc2c1OC(C(F)(F)F)C(C(=O)OCOC(=O)[C@H](CCCN=C(N)N)NC(C)=O)=C2. The number of halogens is 6. The quantitative estimate of drug-likeness (QED) is 0.0885. The number of alkyl halides is 6. The highest BCUT2D eigenvalue weighted by atomic mass is 19.4. The molecule has 1 aliphatic rings. The Bertz CT molecular complexity index is 1160. The van der Waals surface area contributed by atoms with Gasteiger partial charge in [0.15, 0.2) is 5.96 Å². The van der Waals surface area contributed by atoms with Crippen molar-refractivity contribution in [2.75, 3.05) is 13.3 Å². The van der Waals surface area contributed by atoms with Gasteiger partial charge >= 0.3 is 24.5 Å². The van der Waals surface area contributed by atoms with Gasteiger partial charge in [0.2, 0.25) is 18.8 Å². The first-order valence-corrected chi connectivity index (χ1v) is 11.6. The fourth-order valence-corrected chi connectivity index (χ4v) is 3.55. The van der Waals surface area contributed by atoms with E-state index in [0.29, 0.717) is 6.08 Å². The van der Waals surface area contributed by atoms with E-state index in [9.17, 15) is 40.7 Å². The molecule has 40 heavy (non-hydrogen) atoms. The first-order valence-electron chi connectivity index (χ1n) is 11.6. The third-order valence-electron chi connectivity index (χ3n) is 5.14. The zero-order chi connectivity index (χ0) is 30.3. The van der Waals surface area contributed by atoms with Crippen LogP contribution in [-0.2, 0) is 30.3 Å². The molecule has 17 heteroatoms. The minimum absolute atomic E-state index is 0.0111. The van der Waals surface area contributed by atoms with E-state index < -0.39 is 60.6 Å². The van der Waals surface area contributed by atoms with Crippen molar-refractivity contribution in [3.8, 4) is 11.5 Å². The summed E-state index contributed by atoms with van der Waals surface area (Å²) in [7, 11) is 0. The molecule has 0 aliphatic carbocycles. The molecule has 0 spiro atoms. The summed E-state index contributed by atoms with van der Waals surface area (Å²) in [5.74, 6) is -4.61. The number of benzene rings is 1. The van der Waals surface area contributed by atoms with E-state index >= 15 is 0 Å². The van der Waals surface area contributed by atoms with Gasteiger partial charge in [-0.05, 0) is 43.0 Å². The molecular formula is C23H26F6N4O7. The second-order valence-corrected chi connectivity index (χ2v) is 8.26. The number of ether oxygens (including phenoxy) is 4. The number of aryl methyl sites for hydroxylation is 1. The van der Waals surface area contributed by atoms with Gasteiger partial charge in [-0.15, -0.1) is 13.2 Å². The summed E-state index contributed by atoms with van der Waals surface area (Å²) < 4.78 is 97.7. The highest BCUT2D eigenvalue weighted by Gasteiger charge is 2.49. The van der Waals surface area contributed by atoms with E-state index in [4.69, 9.17) is 20.9 Å². The summed E-state index contributed by atoms with van der Waals surface area (Å²) in [5, 5.41) is 2.30. The van der Waals surface area contributed by atoms with Gasteiger partial charge in [-0.3, -0.25) is 9.79 Å². The summed E-state index contributed by atoms with van der Waals surface area (Å²) in [5.41, 5.74) is 8.95. The monoisotopic (exact) mass is 584 g/mol. The Balaban J connectivity index is 2.21. The van der Waals surface area contributed by atoms with Crippen molar-refractivity contribution < 1.29 is 59.7 Å². The van der Waals surface area contributed by atoms with Gasteiger partial charge in [0.25, 0.3) is 0 Å². The Labute approximate surface area is 223 Å². The lowest BCUT2D eigenvalue weighted by molar-refractivity contribution is -0.274. The Hall–Kier alpha value is -4.18. The molecule has 1 heterocycles. The Morgan fingerprint density at radius 1 is 1.12 bits per heavy atom. The van der Waals surface area contributed by atoms with Gasteiger partial charge in [0.05, 0.1) is 5.57 Å². The second-order valence-electron chi connectivity index (χ2n) is 8.26. The van der Waals surface area contributed by atoms with Gasteiger partial charge in [0.1, 0.15) is 17.5 Å². The summed E-state index contributed by atoms with van der Waals surface area (Å²) >= 11 is 0. The van der Waals surface area contributed by atoms with Crippen LogP contribution < -0.4 is 26.3 Å². The summed E-state index contributed by atoms with van der Waals surface area (Å²) in [6.07, 6.45) is -12.2. The number of guanidine groups is 1. The number of hydrogen-bond acceptors (Lipinski definition) is 8. The molecule has 1 unspecified atom stereocenters. The van der Waals surface area contributed by atoms with Crippen LogP contribution in [0.5, 0.6) is 11.5 Å². The third kappa shape index (κ3) is 9.53. The van der Waals surface area contributed by atoms with Gasteiger partial charge in [0, 0.05) is 19.0 Å². The van der Waals surface area contributed by atoms with Crippen LogP contribution >= 0.6 is 0 Å². The van der Waals surface area contributed by atoms with Crippen molar-refractivity contribution in [3.63, 3.8) is 0 Å². The minimum atomic E-state index is -5.13. The van der Waals surface area contributed by atoms with Crippen molar-refractivity contribution in [3.05, 3.63) is 28.8 Å². The van der Waals surface area contributed by atoms with Crippen LogP contribution in [0.1, 0.15) is 37.8 Å². The maximum Gasteiger partial charge on any atom is 0.573 e. The van der Waals surface area contributed by atoms with Crippen LogP contribution in [0.4, 0.5) is 26.3 Å². The molecule has 0 aromatic heterocycles. The van der Waals surface area contributed by atoms with E-state index in [1.165, 1.54) is 6.92 Å². The molecule has 1 amide bonds. The molecule has 2 rings (SSSR count). The molecule has 1 aromatic carbocycles. The first kappa shape index (κ1) is 32.0. The number of amides is 1. The van der Waals surface area contributed by atoms with Crippen LogP contribution in [0.2, 0.25) is 0 Å². The summed E-state index contributed by atoms with van der Waals surface area (Å²) in [6, 6.07) is 0.415. The Kier molecular flexibility index (Phi) is 10.6. The standard InChI is InChI=1S/C23H26F6N4O7/c1-3-12-7-14(40-23(27,28)29)8-13-9-15(18(22(24,25)26)39-17(12)13)19(35)37-10-38-20(36)16(33-11(2)34)5-4-6-32-21(30)31/h7-9,16,18H,3-6,10H2,1-2H3,(H,33,34)(H4,30,31,32)/t16-,18?/m0/s1. The second kappa shape index (κ2) is 13.3. The van der Waals surface area contributed by atoms with Gasteiger partial charge in [-0.1, -0.05) is 6.92 Å². The van der Waals surface area contributed by atoms with Crippen molar-refractivity contribution in [2.24, 2.45) is 16.5 Å². The Morgan fingerprint density at radius 2 is 1.80 bits per heavy atom. The third-order valence-corrected chi connectivity index (χ3v) is 5.14. The molecule has 2 atom stereocenters. The van der Waals surface area contributed by atoms with Crippen molar-refractivity contribution in [1.82, 2.24) is 5.32 Å².